The molecule has 1 N–H and O–H groups in total. The third-order valence-corrected chi connectivity index (χ3v) is 6.32. The molecule has 2 saturated carbocycles. The van der Waals surface area contributed by atoms with Gasteiger partial charge in [0.15, 0.2) is 0 Å². The number of halogens is 1. The van der Waals surface area contributed by atoms with Gasteiger partial charge in [-0.2, -0.15) is 0 Å². The first-order valence-electron chi connectivity index (χ1n) is 8.31. The lowest BCUT2D eigenvalue weighted by Crippen LogP contribution is -2.50. The lowest BCUT2D eigenvalue weighted by atomic mass is 9.68. The molecule has 116 valence electrons. The van der Waals surface area contributed by atoms with E-state index in [9.17, 15) is 4.39 Å². The monoisotopic (exact) mass is 289 g/mol. The van der Waals surface area contributed by atoms with Gasteiger partial charge in [-0.25, -0.2) is 4.39 Å². The van der Waals surface area contributed by atoms with Crippen LogP contribution in [-0.4, -0.2) is 12.6 Å². The molecule has 3 rings (SSSR count). The minimum Gasteiger partial charge on any atom is -0.313 e. The van der Waals surface area contributed by atoms with Crippen molar-refractivity contribution < 1.29 is 4.39 Å². The highest BCUT2D eigenvalue weighted by Crippen LogP contribution is 2.62. The maximum Gasteiger partial charge on any atom is 0.123 e. The number of fused-ring (bicyclic) bond motifs is 2. The van der Waals surface area contributed by atoms with Crippen LogP contribution in [0, 0.1) is 29.5 Å². The maximum atomic E-state index is 13.2. The van der Waals surface area contributed by atoms with Crippen LogP contribution in [0.5, 0.6) is 0 Å². The van der Waals surface area contributed by atoms with Crippen LogP contribution in [0.4, 0.5) is 4.39 Å². The van der Waals surface area contributed by atoms with Gasteiger partial charge in [-0.15, -0.1) is 0 Å². The molecule has 2 heteroatoms. The molecular formula is C19H28FN. The van der Waals surface area contributed by atoms with Gasteiger partial charge in [-0.1, -0.05) is 26.8 Å². The largest absolute Gasteiger partial charge is 0.313 e. The summed E-state index contributed by atoms with van der Waals surface area (Å²) in [5.41, 5.74) is 3.21. The molecule has 2 fully saturated rings. The quantitative estimate of drug-likeness (QED) is 0.861. The van der Waals surface area contributed by atoms with Gasteiger partial charge >= 0.3 is 0 Å². The number of benzene rings is 1. The average Bonchev–Trinajstić information content (AvgIpc) is 2.87. The first-order chi connectivity index (χ1) is 9.83. The topological polar surface area (TPSA) is 12.0 Å². The van der Waals surface area contributed by atoms with Crippen molar-refractivity contribution >= 4 is 0 Å². The van der Waals surface area contributed by atoms with Crippen molar-refractivity contribution in [1.29, 1.82) is 0 Å². The predicted octanol–water partition coefficient (Wildman–Crippen LogP) is 4.48. The van der Waals surface area contributed by atoms with Gasteiger partial charge in [-0.3, -0.25) is 0 Å². The van der Waals surface area contributed by atoms with Crippen molar-refractivity contribution in [3.05, 3.63) is 35.1 Å². The normalized spacial score (nSPS) is 33.6. The van der Waals surface area contributed by atoms with E-state index in [0.717, 1.165) is 24.4 Å². The van der Waals surface area contributed by atoms with Gasteiger partial charge in [-0.05, 0) is 79.2 Å². The lowest BCUT2D eigenvalue weighted by Gasteiger charge is -2.43. The molecule has 0 saturated heterocycles. The second-order valence-electron chi connectivity index (χ2n) is 8.12. The Hall–Kier alpha value is -0.890. The summed E-state index contributed by atoms with van der Waals surface area (Å²) in [5.74, 6) is 0.749. The van der Waals surface area contributed by atoms with Crippen LogP contribution in [0.1, 0.15) is 51.2 Å². The van der Waals surface area contributed by atoms with Crippen molar-refractivity contribution in [3.8, 4) is 0 Å². The Bertz CT molecular complexity index is 532. The predicted molar refractivity (Wildman–Crippen MR) is 85.9 cm³/mol. The number of hydrogen-bond donors (Lipinski definition) is 1. The fourth-order valence-electron chi connectivity index (χ4n) is 5.10. The Balaban J connectivity index is 1.63. The Kier molecular flexibility index (Phi) is 3.64. The maximum absolute atomic E-state index is 13.2. The van der Waals surface area contributed by atoms with Crippen LogP contribution in [0.25, 0.3) is 0 Å². The van der Waals surface area contributed by atoms with E-state index in [2.05, 4.69) is 26.1 Å². The molecule has 0 aliphatic heterocycles. The standard InChI is InChI=1S/C19H28FN/c1-13-11-16(20)6-5-14(13)8-10-21-17-18(2,3)15-7-9-19(17,4)12-15/h5-6,11,15,17,21H,7-10,12H2,1-4H3/t15-,17?,19+/m0/s1. The molecule has 3 atom stereocenters. The second kappa shape index (κ2) is 5.08. The van der Waals surface area contributed by atoms with Crippen LogP contribution in [0.15, 0.2) is 18.2 Å². The third-order valence-electron chi connectivity index (χ3n) is 6.32. The van der Waals surface area contributed by atoms with Crippen LogP contribution in [0.3, 0.4) is 0 Å². The number of aryl methyl sites for hydroxylation is 1. The minimum atomic E-state index is -0.133. The summed E-state index contributed by atoms with van der Waals surface area (Å²) in [5, 5.41) is 3.84. The van der Waals surface area contributed by atoms with Crippen molar-refractivity contribution in [2.75, 3.05) is 6.54 Å². The summed E-state index contributed by atoms with van der Waals surface area (Å²) in [6.45, 7) is 10.3. The van der Waals surface area contributed by atoms with Crippen LogP contribution in [-0.2, 0) is 6.42 Å². The molecule has 0 heterocycles. The summed E-state index contributed by atoms with van der Waals surface area (Å²) < 4.78 is 13.2. The lowest BCUT2D eigenvalue weighted by molar-refractivity contribution is 0.110. The Morgan fingerprint density at radius 3 is 2.67 bits per heavy atom. The SMILES string of the molecule is Cc1cc(F)ccc1CCNC1C(C)(C)[C@H]2CC[C@]1(C)C2. The Morgan fingerprint density at radius 2 is 2.05 bits per heavy atom. The average molecular weight is 289 g/mol. The molecule has 0 radical (unpaired) electrons. The van der Waals surface area contributed by atoms with Crippen molar-refractivity contribution in [2.45, 2.75) is 59.4 Å². The fourth-order valence-corrected chi connectivity index (χ4v) is 5.10. The van der Waals surface area contributed by atoms with Gasteiger partial charge < -0.3 is 5.32 Å². The van der Waals surface area contributed by atoms with Crippen LogP contribution < -0.4 is 5.32 Å². The molecule has 2 aliphatic rings. The Labute approximate surface area is 128 Å². The molecular weight excluding hydrogens is 261 g/mol. The summed E-state index contributed by atoms with van der Waals surface area (Å²) in [7, 11) is 0. The number of hydrogen-bond acceptors (Lipinski definition) is 1. The third kappa shape index (κ3) is 2.52. The molecule has 1 unspecified atom stereocenters. The van der Waals surface area contributed by atoms with E-state index < -0.39 is 0 Å². The zero-order valence-electron chi connectivity index (χ0n) is 13.8. The van der Waals surface area contributed by atoms with Crippen LogP contribution >= 0.6 is 0 Å². The van der Waals surface area contributed by atoms with E-state index in [-0.39, 0.29) is 5.82 Å². The van der Waals surface area contributed by atoms with Crippen LogP contribution in [0.2, 0.25) is 0 Å². The molecule has 1 aromatic rings. The molecule has 1 nitrogen and oxygen atoms in total. The van der Waals surface area contributed by atoms with E-state index in [1.807, 2.05) is 13.0 Å². The minimum absolute atomic E-state index is 0.133. The summed E-state index contributed by atoms with van der Waals surface area (Å²) >= 11 is 0. The van der Waals surface area contributed by atoms with Crippen molar-refractivity contribution in [1.82, 2.24) is 5.32 Å². The smallest absolute Gasteiger partial charge is 0.123 e. The van der Waals surface area contributed by atoms with Gasteiger partial charge in [0.2, 0.25) is 0 Å². The summed E-state index contributed by atoms with van der Waals surface area (Å²) in [6.07, 6.45) is 5.14. The van der Waals surface area contributed by atoms with Crippen molar-refractivity contribution in [2.24, 2.45) is 16.7 Å². The van der Waals surface area contributed by atoms with E-state index in [0.29, 0.717) is 16.9 Å². The molecule has 0 amide bonds. The number of nitrogens with one attached hydrogen (secondary N) is 1. The molecule has 21 heavy (non-hydrogen) atoms. The highest BCUT2D eigenvalue weighted by Gasteiger charge is 2.58. The summed E-state index contributed by atoms with van der Waals surface area (Å²) in [6, 6.07) is 5.76. The summed E-state index contributed by atoms with van der Waals surface area (Å²) in [4.78, 5) is 0. The van der Waals surface area contributed by atoms with Gasteiger partial charge in [0, 0.05) is 6.04 Å². The molecule has 1 aromatic carbocycles. The van der Waals surface area contributed by atoms with E-state index in [1.165, 1.54) is 24.8 Å². The fraction of sp³-hybridized carbons (Fsp3) is 0.684. The zero-order chi connectivity index (χ0) is 15.3. The highest BCUT2D eigenvalue weighted by molar-refractivity contribution is 5.26. The first kappa shape index (κ1) is 15.0. The number of rotatable bonds is 4. The first-order valence-corrected chi connectivity index (χ1v) is 8.31. The van der Waals surface area contributed by atoms with E-state index >= 15 is 0 Å². The van der Waals surface area contributed by atoms with E-state index in [4.69, 9.17) is 0 Å². The van der Waals surface area contributed by atoms with Gasteiger partial charge in [0.25, 0.3) is 0 Å². The highest BCUT2D eigenvalue weighted by atomic mass is 19.1. The Morgan fingerprint density at radius 1 is 1.29 bits per heavy atom. The van der Waals surface area contributed by atoms with E-state index in [1.54, 1.807) is 12.1 Å². The second-order valence-corrected chi connectivity index (χ2v) is 8.12. The zero-order valence-corrected chi connectivity index (χ0v) is 13.8. The molecule has 0 aromatic heterocycles. The molecule has 2 aliphatic carbocycles. The van der Waals surface area contributed by atoms with Gasteiger partial charge in [0.05, 0.1) is 0 Å². The van der Waals surface area contributed by atoms with Gasteiger partial charge in [0.1, 0.15) is 5.82 Å². The molecule has 2 bridgehead atoms. The molecule has 0 spiro atoms. The van der Waals surface area contributed by atoms with Crippen molar-refractivity contribution in [3.63, 3.8) is 0 Å².